The van der Waals surface area contributed by atoms with Crippen LogP contribution in [0.2, 0.25) is 0 Å². The quantitative estimate of drug-likeness (QED) is 0.614. The van der Waals surface area contributed by atoms with Crippen LogP contribution in [0.25, 0.3) is 0 Å². The Balaban J connectivity index is 2.41. The van der Waals surface area contributed by atoms with Crippen molar-refractivity contribution >= 4 is 6.09 Å². The summed E-state index contributed by atoms with van der Waals surface area (Å²) in [5.41, 5.74) is 0. The zero-order chi connectivity index (χ0) is 10.1. The highest BCUT2D eigenvalue weighted by Gasteiger charge is 2.41. The van der Waals surface area contributed by atoms with Crippen LogP contribution in [-0.4, -0.2) is 41.5 Å². The first-order valence-electron chi connectivity index (χ1n) is 3.71. The molecule has 1 fully saturated rings. The normalized spacial score (nSPS) is 24.7. The highest BCUT2D eigenvalue weighted by atomic mass is 19.4. The van der Waals surface area contributed by atoms with Gasteiger partial charge >= 0.3 is 12.4 Å². The molecule has 13 heavy (non-hydrogen) atoms. The molecule has 2 N–H and O–H groups in total. The predicted octanol–water partition coefficient (Wildman–Crippen LogP) is 0.848. The van der Waals surface area contributed by atoms with E-state index in [1.807, 2.05) is 5.32 Å². The molecule has 0 spiro atoms. The Labute approximate surface area is 72.3 Å². The van der Waals surface area contributed by atoms with Crippen molar-refractivity contribution in [1.29, 1.82) is 0 Å². The number of amides is 1. The molecule has 7 heteroatoms. The number of alkyl halides is 3. The van der Waals surface area contributed by atoms with Crippen molar-refractivity contribution in [3.05, 3.63) is 0 Å². The summed E-state index contributed by atoms with van der Waals surface area (Å²) in [6.45, 7) is -0.440. The summed E-state index contributed by atoms with van der Waals surface area (Å²) in [5.74, 6) is 0. The summed E-state index contributed by atoms with van der Waals surface area (Å²) < 4.78 is 36.1. The maximum atomic E-state index is 12.0. The molecule has 0 saturated carbocycles. The van der Waals surface area contributed by atoms with Crippen molar-refractivity contribution in [2.45, 2.75) is 18.8 Å². The van der Waals surface area contributed by atoms with Crippen molar-refractivity contribution in [2.24, 2.45) is 0 Å². The lowest BCUT2D eigenvalue weighted by Gasteiger charge is -2.18. The lowest BCUT2D eigenvalue weighted by molar-refractivity contribution is -0.238. The van der Waals surface area contributed by atoms with Gasteiger partial charge in [0.05, 0.1) is 0 Å². The Morgan fingerprint density at radius 2 is 2.15 bits per heavy atom. The van der Waals surface area contributed by atoms with E-state index in [0.717, 1.165) is 0 Å². The molecule has 1 atom stereocenters. The van der Waals surface area contributed by atoms with E-state index in [2.05, 4.69) is 0 Å². The van der Waals surface area contributed by atoms with Crippen LogP contribution in [0.3, 0.4) is 0 Å². The third-order valence-corrected chi connectivity index (χ3v) is 1.87. The predicted molar refractivity (Wildman–Crippen MR) is 37.2 cm³/mol. The zero-order valence-electron chi connectivity index (χ0n) is 6.64. The van der Waals surface area contributed by atoms with Gasteiger partial charge in [0.2, 0.25) is 0 Å². The average molecular weight is 198 g/mol. The Morgan fingerprint density at radius 1 is 1.54 bits per heavy atom. The zero-order valence-corrected chi connectivity index (χ0v) is 6.64. The highest BCUT2D eigenvalue weighted by Crippen LogP contribution is 2.25. The molecule has 0 aliphatic carbocycles. The molecular weight excluding hydrogens is 189 g/mol. The number of halogens is 3. The van der Waals surface area contributed by atoms with E-state index in [1.165, 1.54) is 0 Å². The van der Waals surface area contributed by atoms with E-state index in [4.69, 9.17) is 5.11 Å². The minimum atomic E-state index is -4.35. The standard InChI is InChI=1S/C6H9F3N2O2/c7-6(8,9)11-2-1-4(3-11)10-5(12)13/h4,10H,1-3H2,(H,12,13)/t4-/m0/s1. The summed E-state index contributed by atoms with van der Waals surface area (Å²) >= 11 is 0. The van der Waals surface area contributed by atoms with E-state index in [0.29, 0.717) is 4.90 Å². The summed E-state index contributed by atoms with van der Waals surface area (Å²) in [5, 5.41) is 10.3. The van der Waals surface area contributed by atoms with Gasteiger partial charge < -0.3 is 10.4 Å². The van der Waals surface area contributed by atoms with Gasteiger partial charge in [0.1, 0.15) is 0 Å². The number of nitrogens with zero attached hydrogens (tertiary/aromatic N) is 1. The minimum Gasteiger partial charge on any atom is -0.465 e. The molecule has 0 bridgehead atoms. The lowest BCUT2D eigenvalue weighted by Crippen LogP contribution is -2.40. The average Bonchev–Trinajstić information content (AvgIpc) is 2.32. The lowest BCUT2D eigenvalue weighted by atomic mass is 10.3. The molecule has 1 saturated heterocycles. The third-order valence-electron chi connectivity index (χ3n) is 1.87. The monoisotopic (exact) mass is 198 g/mol. The van der Waals surface area contributed by atoms with Gasteiger partial charge in [-0.05, 0) is 6.42 Å². The molecular formula is C6H9F3N2O2. The van der Waals surface area contributed by atoms with Crippen molar-refractivity contribution in [3.8, 4) is 0 Å². The number of carbonyl (C=O) groups is 1. The van der Waals surface area contributed by atoms with Crippen molar-refractivity contribution in [3.63, 3.8) is 0 Å². The van der Waals surface area contributed by atoms with Crippen LogP contribution in [0.15, 0.2) is 0 Å². The second-order valence-electron chi connectivity index (χ2n) is 2.85. The fourth-order valence-electron chi connectivity index (χ4n) is 1.28. The molecule has 1 aliphatic rings. The van der Waals surface area contributed by atoms with Gasteiger partial charge in [-0.15, -0.1) is 0 Å². The first-order chi connectivity index (χ1) is 5.89. The van der Waals surface area contributed by atoms with Crippen LogP contribution in [-0.2, 0) is 0 Å². The van der Waals surface area contributed by atoms with Crippen LogP contribution in [0.1, 0.15) is 6.42 Å². The maximum Gasteiger partial charge on any atom is 0.459 e. The Morgan fingerprint density at radius 3 is 2.54 bits per heavy atom. The number of carboxylic acid groups (broad SMARTS) is 1. The molecule has 0 aromatic heterocycles. The van der Waals surface area contributed by atoms with Crippen molar-refractivity contribution in [2.75, 3.05) is 13.1 Å². The molecule has 1 heterocycles. The molecule has 0 aromatic carbocycles. The van der Waals surface area contributed by atoms with Crippen LogP contribution in [0.5, 0.6) is 0 Å². The van der Waals surface area contributed by atoms with Gasteiger partial charge in [-0.25, -0.2) is 9.69 Å². The number of hydrogen-bond donors (Lipinski definition) is 2. The van der Waals surface area contributed by atoms with Gasteiger partial charge in [-0.1, -0.05) is 0 Å². The minimum absolute atomic E-state index is 0.144. The maximum absolute atomic E-state index is 12.0. The van der Waals surface area contributed by atoms with E-state index in [1.54, 1.807) is 0 Å². The van der Waals surface area contributed by atoms with Crippen LogP contribution >= 0.6 is 0 Å². The fraction of sp³-hybridized carbons (Fsp3) is 0.833. The summed E-state index contributed by atoms with van der Waals surface area (Å²) in [4.78, 5) is 10.4. The van der Waals surface area contributed by atoms with Gasteiger partial charge in [-0.3, -0.25) is 0 Å². The second-order valence-corrected chi connectivity index (χ2v) is 2.85. The van der Waals surface area contributed by atoms with E-state index in [-0.39, 0.29) is 19.5 Å². The van der Waals surface area contributed by atoms with Gasteiger partial charge in [0.15, 0.2) is 0 Å². The van der Waals surface area contributed by atoms with Gasteiger partial charge in [-0.2, -0.15) is 13.2 Å². The number of likely N-dealkylation sites (tertiary alicyclic amines) is 1. The molecule has 4 nitrogen and oxygen atoms in total. The van der Waals surface area contributed by atoms with Crippen molar-refractivity contribution < 1.29 is 23.1 Å². The summed E-state index contributed by atoms with van der Waals surface area (Å²) in [7, 11) is 0. The van der Waals surface area contributed by atoms with Crippen LogP contribution in [0, 0.1) is 0 Å². The number of rotatable bonds is 1. The summed E-state index contributed by atoms with van der Waals surface area (Å²) in [6, 6.07) is -0.612. The summed E-state index contributed by atoms with van der Waals surface area (Å²) in [6.07, 6.45) is -5.44. The molecule has 1 rings (SSSR count). The SMILES string of the molecule is O=C(O)N[C@H]1CCN(C(F)(F)F)C1. The Hall–Kier alpha value is -0.980. The molecule has 1 amide bonds. The largest absolute Gasteiger partial charge is 0.465 e. The Kier molecular flexibility index (Phi) is 2.65. The molecule has 0 radical (unpaired) electrons. The first-order valence-corrected chi connectivity index (χ1v) is 3.71. The molecule has 0 aromatic rings. The van der Waals surface area contributed by atoms with Gasteiger partial charge in [0.25, 0.3) is 0 Å². The van der Waals surface area contributed by atoms with Crippen LogP contribution < -0.4 is 5.32 Å². The van der Waals surface area contributed by atoms with E-state index >= 15 is 0 Å². The number of nitrogens with one attached hydrogen (secondary N) is 1. The van der Waals surface area contributed by atoms with Gasteiger partial charge in [0, 0.05) is 19.1 Å². The molecule has 76 valence electrons. The molecule has 0 unspecified atom stereocenters. The highest BCUT2D eigenvalue weighted by molar-refractivity contribution is 5.64. The van der Waals surface area contributed by atoms with E-state index < -0.39 is 18.4 Å². The van der Waals surface area contributed by atoms with Crippen molar-refractivity contribution in [1.82, 2.24) is 10.2 Å². The topological polar surface area (TPSA) is 52.6 Å². The Bertz CT molecular complexity index is 207. The second kappa shape index (κ2) is 3.41. The third kappa shape index (κ3) is 2.76. The first kappa shape index (κ1) is 10.1. The van der Waals surface area contributed by atoms with Crippen LogP contribution in [0.4, 0.5) is 18.0 Å². The fourth-order valence-corrected chi connectivity index (χ4v) is 1.28. The van der Waals surface area contributed by atoms with E-state index in [9.17, 15) is 18.0 Å². The molecule has 1 aliphatic heterocycles. The smallest absolute Gasteiger partial charge is 0.459 e. The number of hydrogen-bond acceptors (Lipinski definition) is 2.